The van der Waals surface area contributed by atoms with Crippen LogP contribution in [0.5, 0.6) is 0 Å². The largest absolute Gasteiger partial charge is 0.481 e. The molecule has 0 amide bonds. The predicted octanol–water partition coefficient (Wildman–Crippen LogP) is 5.44. The summed E-state index contributed by atoms with van der Waals surface area (Å²) in [5.41, 5.74) is -1.46. The highest BCUT2D eigenvalue weighted by atomic mass is 32.1. The van der Waals surface area contributed by atoms with Gasteiger partial charge in [-0.05, 0) is 80.9 Å². The lowest BCUT2D eigenvalue weighted by molar-refractivity contribution is -0.179. The van der Waals surface area contributed by atoms with Gasteiger partial charge in [-0.3, -0.25) is 4.79 Å². The van der Waals surface area contributed by atoms with Crippen molar-refractivity contribution in [2.75, 3.05) is 0 Å². The van der Waals surface area contributed by atoms with Gasteiger partial charge in [0.15, 0.2) is 0 Å². The van der Waals surface area contributed by atoms with Gasteiger partial charge in [-0.1, -0.05) is 31.3 Å². The van der Waals surface area contributed by atoms with E-state index in [9.17, 15) is 23.1 Å². The Morgan fingerprint density at radius 3 is 2.47 bits per heavy atom. The number of benzene rings is 1. The van der Waals surface area contributed by atoms with Gasteiger partial charge in [0.05, 0.1) is 17.6 Å². The molecule has 176 valence electrons. The Hall–Kier alpha value is -1.67. The first-order valence-electron chi connectivity index (χ1n) is 11.2. The first kappa shape index (κ1) is 23.5. The van der Waals surface area contributed by atoms with Crippen molar-refractivity contribution in [3.05, 3.63) is 35.4 Å². The minimum Gasteiger partial charge on any atom is -0.481 e. The third-order valence-corrected chi connectivity index (χ3v) is 8.76. The van der Waals surface area contributed by atoms with Gasteiger partial charge in [0, 0.05) is 6.04 Å². The molecule has 8 heteroatoms. The standard InChI is InChI=1S/C24H30F3NO3S/c1-13-18-9-15-8-16(11-23(13,10-15)21(29)30)19(18)28-20(32)22(2,3)31-12-14-4-6-17(7-5-14)24(25,26)27/h4-7,13,15-16,18-19H,8-12H2,1-3H3,(H,28,32)(H,29,30). The summed E-state index contributed by atoms with van der Waals surface area (Å²) in [7, 11) is 0. The number of hydrogen-bond donors (Lipinski definition) is 2. The summed E-state index contributed by atoms with van der Waals surface area (Å²) >= 11 is 5.69. The van der Waals surface area contributed by atoms with E-state index in [1.807, 2.05) is 13.8 Å². The highest BCUT2D eigenvalue weighted by molar-refractivity contribution is 7.80. The number of rotatable bonds is 6. The molecule has 6 atom stereocenters. The number of carboxylic acids is 1. The normalized spacial score (nSPS) is 33.9. The van der Waals surface area contributed by atoms with E-state index in [-0.39, 0.29) is 30.4 Å². The van der Waals surface area contributed by atoms with Crippen LogP contribution in [0, 0.1) is 29.1 Å². The number of alkyl halides is 3. The second-order valence-electron chi connectivity index (χ2n) is 10.4. The summed E-state index contributed by atoms with van der Waals surface area (Å²) in [5.74, 6) is 0.445. The van der Waals surface area contributed by atoms with E-state index >= 15 is 0 Å². The number of carboxylic acid groups (broad SMARTS) is 1. The molecule has 0 spiro atoms. The maximum Gasteiger partial charge on any atom is 0.416 e. The molecule has 6 unspecified atom stereocenters. The number of halogens is 3. The molecular weight excluding hydrogens is 439 g/mol. The van der Waals surface area contributed by atoms with Crippen LogP contribution in [0.4, 0.5) is 13.2 Å². The molecule has 2 N–H and O–H groups in total. The number of ether oxygens (including phenoxy) is 1. The maximum atomic E-state index is 12.8. The maximum absolute atomic E-state index is 12.8. The molecule has 0 heterocycles. The number of thiocarbonyl (C=S) groups is 1. The highest BCUT2D eigenvalue weighted by Crippen LogP contribution is 2.62. The molecule has 5 rings (SSSR count). The molecule has 32 heavy (non-hydrogen) atoms. The highest BCUT2D eigenvalue weighted by Gasteiger charge is 2.62. The van der Waals surface area contributed by atoms with Crippen LogP contribution in [0.3, 0.4) is 0 Å². The van der Waals surface area contributed by atoms with Gasteiger partial charge in [0.25, 0.3) is 0 Å². The topological polar surface area (TPSA) is 58.6 Å². The molecule has 0 aliphatic heterocycles. The zero-order valence-electron chi connectivity index (χ0n) is 18.5. The Kier molecular flexibility index (Phi) is 5.85. The molecule has 4 bridgehead atoms. The minimum absolute atomic E-state index is 0.0873. The van der Waals surface area contributed by atoms with E-state index in [1.54, 1.807) is 0 Å². The fraction of sp³-hybridized carbons (Fsp3) is 0.667. The van der Waals surface area contributed by atoms with E-state index in [2.05, 4.69) is 12.2 Å². The minimum atomic E-state index is -4.36. The van der Waals surface area contributed by atoms with Crippen molar-refractivity contribution in [2.24, 2.45) is 29.1 Å². The van der Waals surface area contributed by atoms with E-state index in [4.69, 9.17) is 17.0 Å². The van der Waals surface area contributed by atoms with E-state index in [0.717, 1.165) is 31.4 Å². The number of hydrogen-bond acceptors (Lipinski definition) is 3. The van der Waals surface area contributed by atoms with Crippen LogP contribution in [-0.4, -0.2) is 27.7 Å². The summed E-state index contributed by atoms with van der Waals surface area (Å²) in [6, 6.07) is 5.07. The number of nitrogens with one attached hydrogen (secondary N) is 1. The van der Waals surface area contributed by atoms with Crippen molar-refractivity contribution in [1.82, 2.24) is 5.32 Å². The zero-order valence-corrected chi connectivity index (χ0v) is 19.4. The van der Waals surface area contributed by atoms with Crippen molar-refractivity contribution in [1.29, 1.82) is 0 Å². The molecule has 4 saturated carbocycles. The SMILES string of the molecule is CC1C2CC3CC(CC1(C(=O)O)C3)C2NC(=S)C(C)(C)OCc1ccc(C(F)(F)F)cc1. The third kappa shape index (κ3) is 4.04. The van der Waals surface area contributed by atoms with Crippen LogP contribution in [0.2, 0.25) is 0 Å². The molecular formula is C24H30F3NO3S. The lowest BCUT2D eigenvalue weighted by Gasteiger charge is -2.62. The van der Waals surface area contributed by atoms with Gasteiger partial charge < -0.3 is 15.2 Å². The Balaban J connectivity index is 1.40. The fourth-order valence-corrected chi connectivity index (χ4v) is 6.53. The lowest BCUT2D eigenvalue weighted by Crippen LogP contribution is -2.66. The first-order valence-corrected chi connectivity index (χ1v) is 11.6. The van der Waals surface area contributed by atoms with Crippen molar-refractivity contribution in [2.45, 2.75) is 70.9 Å². The number of carbonyl (C=O) groups is 1. The number of aliphatic carboxylic acids is 1. The van der Waals surface area contributed by atoms with Crippen LogP contribution in [0.1, 0.15) is 57.6 Å². The summed E-state index contributed by atoms with van der Waals surface area (Å²) in [6.07, 6.45) is -0.830. The molecule has 4 aliphatic carbocycles. The predicted molar refractivity (Wildman–Crippen MR) is 118 cm³/mol. The van der Waals surface area contributed by atoms with Crippen molar-refractivity contribution < 1.29 is 27.8 Å². The Morgan fingerprint density at radius 1 is 1.22 bits per heavy atom. The molecule has 4 fully saturated rings. The van der Waals surface area contributed by atoms with Crippen molar-refractivity contribution in [3.8, 4) is 0 Å². The lowest BCUT2D eigenvalue weighted by atomic mass is 9.44. The van der Waals surface area contributed by atoms with Gasteiger partial charge >= 0.3 is 12.1 Å². The second-order valence-corrected chi connectivity index (χ2v) is 10.8. The van der Waals surface area contributed by atoms with Gasteiger partial charge in [-0.25, -0.2) is 0 Å². The van der Waals surface area contributed by atoms with Crippen molar-refractivity contribution >= 4 is 23.2 Å². The molecule has 0 aromatic heterocycles. The molecule has 0 radical (unpaired) electrons. The summed E-state index contributed by atoms with van der Waals surface area (Å²) in [5, 5.41) is 13.5. The van der Waals surface area contributed by atoms with Gasteiger partial charge in [-0.2, -0.15) is 13.2 Å². The molecule has 1 aromatic rings. The molecule has 4 nitrogen and oxygen atoms in total. The smallest absolute Gasteiger partial charge is 0.416 e. The van der Waals surface area contributed by atoms with Crippen LogP contribution in [0.15, 0.2) is 24.3 Å². The van der Waals surface area contributed by atoms with Gasteiger partial charge in [-0.15, -0.1) is 0 Å². The monoisotopic (exact) mass is 469 g/mol. The molecule has 4 aliphatic rings. The molecule has 1 aromatic carbocycles. The summed E-state index contributed by atoms with van der Waals surface area (Å²) < 4.78 is 44.3. The average molecular weight is 470 g/mol. The van der Waals surface area contributed by atoms with Crippen LogP contribution in [-0.2, 0) is 22.3 Å². The van der Waals surface area contributed by atoms with Gasteiger partial charge in [0.2, 0.25) is 0 Å². The Labute approximate surface area is 191 Å². The van der Waals surface area contributed by atoms with Crippen molar-refractivity contribution in [3.63, 3.8) is 0 Å². The van der Waals surface area contributed by atoms with E-state index < -0.39 is 28.7 Å². The summed E-state index contributed by atoms with van der Waals surface area (Å²) in [6.45, 7) is 5.92. The Morgan fingerprint density at radius 2 is 1.88 bits per heavy atom. The fourth-order valence-electron chi connectivity index (χ4n) is 6.33. The Bertz CT molecular complexity index is 901. The van der Waals surface area contributed by atoms with E-state index in [1.165, 1.54) is 12.1 Å². The third-order valence-electron chi connectivity index (χ3n) is 8.16. The second kappa shape index (κ2) is 7.97. The first-order chi connectivity index (χ1) is 14.8. The van der Waals surface area contributed by atoms with Crippen LogP contribution < -0.4 is 5.32 Å². The molecule has 0 saturated heterocycles. The quantitative estimate of drug-likeness (QED) is 0.543. The zero-order chi connectivity index (χ0) is 23.5. The summed E-state index contributed by atoms with van der Waals surface area (Å²) in [4.78, 5) is 12.7. The van der Waals surface area contributed by atoms with Gasteiger partial charge in [0.1, 0.15) is 10.6 Å². The average Bonchev–Trinajstić information content (AvgIpc) is 2.71. The van der Waals surface area contributed by atoms with E-state index in [0.29, 0.717) is 22.9 Å². The van der Waals surface area contributed by atoms with Crippen LogP contribution >= 0.6 is 12.2 Å². The van der Waals surface area contributed by atoms with Crippen LogP contribution in [0.25, 0.3) is 0 Å².